The number of amides is 1. The Hall–Kier alpha value is -3.27. The van der Waals surface area contributed by atoms with Gasteiger partial charge in [-0.05, 0) is 18.1 Å². The zero-order valence-corrected chi connectivity index (χ0v) is 14.4. The van der Waals surface area contributed by atoms with E-state index in [-0.39, 0.29) is 22.9 Å². The lowest BCUT2D eigenvalue weighted by Gasteiger charge is -2.14. The van der Waals surface area contributed by atoms with E-state index in [0.717, 1.165) is 5.56 Å². The molecule has 1 aromatic carbocycles. The second-order valence-electron chi connectivity index (χ2n) is 5.70. The van der Waals surface area contributed by atoms with Crippen molar-refractivity contribution in [3.63, 3.8) is 0 Å². The number of nitrogens with zero attached hydrogens (tertiary/aromatic N) is 3. The van der Waals surface area contributed by atoms with E-state index in [0.29, 0.717) is 18.5 Å². The smallest absolute Gasteiger partial charge is 0.357 e. The van der Waals surface area contributed by atoms with Gasteiger partial charge in [0.1, 0.15) is 6.07 Å². The number of aromatic nitrogens is 1. The van der Waals surface area contributed by atoms with Crippen LogP contribution in [0.25, 0.3) is 5.69 Å². The summed E-state index contributed by atoms with van der Waals surface area (Å²) in [5.41, 5.74) is 7.86. The fourth-order valence-electron chi connectivity index (χ4n) is 2.53. The molecule has 2 N–H and O–H groups in total. The van der Waals surface area contributed by atoms with Gasteiger partial charge in [-0.1, -0.05) is 18.2 Å². The lowest BCUT2D eigenvalue weighted by Crippen LogP contribution is -2.22. The minimum Gasteiger partial charge on any atom is -0.464 e. The van der Waals surface area contributed by atoms with Gasteiger partial charge < -0.3 is 19.9 Å². The SMILES string of the molecule is COC(=O)c1c(N)c(C#N)cn1-c1ccccc1CCC(=O)N(C)C. The highest BCUT2D eigenvalue weighted by Crippen LogP contribution is 2.27. The van der Waals surface area contributed by atoms with Crippen LogP contribution in [0, 0.1) is 11.3 Å². The molecule has 0 radical (unpaired) electrons. The molecule has 0 aliphatic carbocycles. The second kappa shape index (κ2) is 7.53. The number of hydrogen-bond acceptors (Lipinski definition) is 5. The van der Waals surface area contributed by atoms with Crippen LogP contribution in [0.1, 0.15) is 28.0 Å². The van der Waals surface area contributed by atoms with Crippen molar-refractivity contribution in [2.24, 2.45) is 0 Å². The highest BCUT2D eigenvalue weighted by Gasteiger charge is 2.22. The number of carbonyl (C=O) groups is 2. The first-order chi connectivity index (χ1) is 11.9. The second-order valence-corrected chi connectivity index (χ2v) is 5.70. The Labute approximate surface area is 146 Å². The fraction of sp³-hybridized carbons (Fsp3) is 0.278. The van der Waals surface area contributed by atoms with Crippen molar-refractivity contribution in [3.8, 4) is 11.8 Å². The maximum Gasteiger partial charge on any atom is 0.357 e. The van der Waals surface area contributed by atoms with Crippen LogP contribution in [-0.4, -0.2) is 42.5 Å². The van der Waals surface area contributed by atoms with Crippen LogP contribution in [0.2, 0.25) is 0 Å². The maximum atomic E-state index is 12.1. The standard InChI is InChI=1S/C18H20N4O3/c1-21(2)15(23)9-8-12-6-4-5-7-14(12)22-11-13(10-19)16(20)17(22)18(24)25-3/h4-7,11H,8-9,20H2,1-3H3. The average molecular weight is 340 g/mol. The monoisotopic (exact) mass is 340 g/mol. The number of rotatable bonds is 5. The maximum absolute atomic E-state index is 12.1. The van der Waals surface area contributed by atoms with Crippen LogP contribution >= 0.6 is 0 Å². The highest BCUT2D eigenvalue weighted by molar-refractivity contribution is 5.96. The lowest BCUT2D eigenvalue weighted by atomic mass is 10.1. The molecule has 1 aromatic heterocycles. The van der Waals surface area contributed by atoms with Gasteiger partial charge in [0, 0.05) is 32.4 Å². The van der Waals surface area contributed by atoms with Crippen LogP contribution in [0.3, 0.4) is 0 Å². The molecule has 7 heteroatoms. The fourth-order valence-corrected chi connectivity index (χ4v) is 2.53. The summed E-state index contributed by atoms with van der Waals surface area (Å²) in [6, 6.07) is 9.33. The number of esters is 1. The molecule has 0 saturated carbocycles. The quantitative estimate of drug-likeness (QED) is 0.835. The van der Waals surface area contributed by atoms with E-state index in [1.807, 2.05) is 30.3 Å². The Morgan fingerprint density at radius 3 is 2.60 bits per heavy atom. The molecule has 0 bridgehead atoms. The molecular weight excluding hydrogens is 320 g/mol. The normalized spacial score (nSPS) is 10.2. The van der Waals surface area contributed by atoms with Gasteiger partial charge in [-0.25, -0.2) is 4.79 Å². The molecule has 0 saturated heterocycles. The number of nitrogens with two attached hydrogens (primary N) is 1. The molecule has 0 aliphatic rings. The Bertz CT molecular complexity index is 846. The molecule has 7 nitrogen and oxygen atoms in total. The van der Waals surface area contributed by atoms with Gasteiger partial charge in [0.2, 0.25) is 5.91 Å². The van der Waals surface area contributed by atoms with E-state index in [2.05, 4.69) is 0 Å². The van der Waals surface area contributed by atoms with Crippen molar-refractivity contribution in [3.05, 3.63) is 47.3 Å². The lowest BCUT2D eigenvalue weighted by molar-refractivity contribution is -0.128. The molecule has 0 aliphatic heterocycles. The van der Waals surface area contributed by atoms with Crippen LogP contribution in [0.15, 0.2) is 30.5 Å². The third kappa shape index (κ3) is 3.63. The Morgan fingerprint density at radius 1 is 1.32 bits per heavy atom. The first kappa shape index (κ1) is 18.1. The third-order valence-corrected chi connectivity index (χ3v) is 3.90. The van der Waals surface area contributed by atoms with E-state index in [1.165, 1.54) is 18.2 Å². The van der Waals surface area contributed by atoms with Gasteiger partial charge in [0.15, 0.2) is 5.69 Å². The number of aryl methyl sites for hydroxylation is 1. The molecule has 1 amide bonds. The van der Waals surface area contributed by atoms with E-state index in [4.69, 9.17) is 10.5 Å². The minimum atomic E-state index is -0.627. The first-order valence-electron chi connectivity index (χ1n) is 7.68. The van der Waals surface area contributed by atoms with Gasteiger partial charge >= 0.3 is 5.97 Å². The number of ether oxygens (including phenoxy) is 1. The summed E-state index contributed by atoms with van der Waals surface area (Å²) in [5.74, 6) is -0.620. The van der Waals surface area contributed by atoms with Crippen LogP contribution in [0.4, 0.5) is 5.69 Å². The van der Waals surface area contributed by atoms with Gasteiger partial charge in [-0.15, -0.1) is 0 Å². The molecule has 0 spiro atoms. The van der Waals surface area contributed by atoms with Crippen molar-refractivity contribution >= 4 is 17.6 Å². The summed E-state index contributed by atoms with van der Waals surface area (Å²) >= 11 is 0. The number of nitriles is 1. The number of nitrogen functional groups attached to an aromatic ring is 1. The van der Waals surface area contributed by atoms with E-state index in [9.17, 15) is 14.9 Å². The molecule has 25 heavy (non-hydrogen) atoms. The zero-order valence-electron chi connectivity index (χ0n) is 14.4. The first-order valence-corrected chi connectivity index (χ1v) is 7.68. The predicted molar refractivity (Wildman–Crippen MR) is 93.3 cm³/mol. The van der Waals surface area contributed by atoms with Gasteiger partial charge in [0.05, 0.1) is 18.4 Å². The molecule has 2 aromatic rings. The third-order valence-electron chi connectivity index (χ3n) is 3.90. The highest BCUT2D eigenvalue weighted by atomic mass is 16.5. The predicted octanol–water partition coefficient (Wildman–Crippen LogP) is 1.74. The summed E-state index contributed by atoms with van der Waals surface area (Å²) in [4.78, 5) is 25.5. The molecule has 1 heterocycles. The van der Waals surface area contributed by atoms with Crippen molar-refractivity contribution in [2.75, 3.05) is 26.9 Å². The Morgan fingerprint density at radius 2 is 2.00 bits per heavy atom. The van der Waals surface area contributed by atoms with E-state index < -0.39 is 5.97 Å². The summed E-state index contributed by atoms with van der Waals surface area (Å²) in [6.07, 6.45) is 2.33. The van der Waals surface area contributed by atoms with Crippen LogP contribution < -0.4 is 5.73 Å². The van der Waals surface area contributed by atoms with E-state index in [1.54, 1.807) is 18.7 Å². The molecule has 0 unspecified atom stereocenters. The van der Waals surface area contributed by atoms with E-state index >= 15 is 0 Å². The summed E-state index contributed by atoms with van der Waals surface area (Å²) in [5, 5.41) is 9.22. The largest absolute Gasteiger partial charge is 0.464 e. The van der Waals surface area contributed by atoms with Crippen molar-refractivity contribution in [2.45, 2.75) is 12.8 Å². The number of para-hydroxylation sites is 1. The van der Waals surface area contributed by atoms with Gasteiger partial charge in [-0.2, -0.15) is 5.26 Å². The molecule has 0 fully saturated rings. The number of hydrogen-bond donors (Lipinski definition) is 1. The van der Waals surface area contributed by atoms with Crippen molar-refractivity contribution in [1.82, 2.24) is 9.47 Å². The number of carbonyl (C=O) groups excluding carboxylic acids is 2. The minimum absolute atomic E-state index is 0.00716. The van der Waals surface area contributed by atoms with Gasteiger partial charge in [-0.3, -0.25) is 4.79 Å². The van der Waals surface area contributed by atoms with Crippen molar-refractivity contribution < 1.29 is 14.3 Å². The zero-order chi connectivity index (χ0) is 18.6. The summed E-state index contributed by atoms with van der Waals surface area (Å²) in [7, 11) is 4.66. The molecule has 130 valence electrons. The average Bonchev–Trinajstić information content (AvgIpc) is 2.95. The Kier molecular flexibility index (Phi) is 5.45. The Balaban J connectivity index is 2.51. The molecular formula is C18H20N4O3. The number of methoxy groups -OCH3 is 1. The molecule has 2 rings (SSSR count). The van der Waals surface area contributed by atoms with Crippen LogP contribution in [0.5, 0.6) is 0 Å². The van der Waals surface area contributed by atoms with Crippen LogP contribution in [-0.2, 0) is 16.0 Å². The summed E-state index contributed by atoms with van der Waals surface area (Å²) in [6.45, 7) is 0. The summed E-state index contributed by atoms with van der Waals surface area (Å²) < 4.78 is 6.35. The number of benzene rings is 1. The number of anilines is 1. The van der Waals surface area contributed by atoms with Crippen molar-refractivity contribution in [1.29, 1.82) is 5.26 Å². The molecule has 0 atom stereocenters. The topological polar surface area (TPSA) is 101 Å². The van der Waals surface area contributed by atoms with Gasteiger partial charge in [0.25, 0.3) is 0 Å².